The van der Waals surface area contributed by atoms with Crippen molar-refractivity contribution in [3.05, 3.63) is 0 Å². The topological polar surface area (TPSA) is 9.23 Å². The summed E-state index contributed by atoms with van der Waals surface area (Å²) in [4.78, 5) is 0. The summed E-state index contributed by atoms with van der Waals surface area (Å²) in [5.41, 5.74) is 0. The molecule has 0 aliphatic carbocycles. The Kier molecular flexibility index (Phi) is 5.31. The summed E-state index contributed by atoms with van der Waals surface area (Å²) in [6.45, 7) is 4.02. The third-order valence-electron chi connectivity index (χ3n) is 0.541. The first-order chi connectivity index (χ1) is 3.66. The van der Waals surface area contributed by atoms with Crippen LogP contribution in [-0.2, 0) is 4.74 Å². The third-order valence-corrected chi connectivity index (χ3v) is 2.54. The van der Waals surface area contributed by atoms with E-state index in [1.807, 2.05) is 13.8 Å². The second-order valence-corrected chi connectivity index (χ2v) is 3.42. The highest BCUT2D eigenvalue weighted by Gasteiger charge is 2.02. The van der Waals surface area contributed by atoms with Crippen molar-refractivity contribution in [3.8, 4) is 0 Å². The molecule has 0 heterocycles. The maximum atomic E-state index is 5.27. The van der Waals surface area contributed by atoms with Crippen LogP contribution in [0.3, 0.4) is 0 Å². The molecule has 1 nitrogen and oxygen atoms in total. The maximum Gasteiger partial charge on any atom is 0.122 e. The van der Waals surface area contributed by atoms with E-state index in [0.29, 0.717) is 6.10 Å². The Morgan fingerprint density at radius 3 is 2.12 bits per heavy atom. The molecule has 0 aromatic heterocycles. The molecule has 8 heavy (non-hydrogen) atoms. The Morgan fingerprint density at radius 2 is 2.00 bits per heavy atom. The lowest BCUT2D eigenvalue weighted by atomic mass is 10.5. The average molecular weight is 246 g/mol. The van der Waals surface area contributed by atoms with Gasteiger partial charge in [0, 0.05) is 5.33 Å². The number of rotatable bonds is 3. The monoisotopic (exact) mass is 244 g/mol. The number of hydrogen-bond donors (Lipinski definition) is 0. The van der Waals surface area contributed by atoms with Crippen molar-refractivity contribution in [1.82, 2.24) is 0 Å². The summed E-state index contributed by atoms with van der Waals surface area (Å²) >= 11 is 6.58. The van der Waals surface area contributed by atoms with Crippen LogP contribution >= 0.6 is 31.9 Å². The Balaban J connectivity index is 3.10. The molecule has 0 radical (unpaired) electrons. The lowest BCUT2D eigenvalue weighted by Crippen LogP contribution is -2.11. The van der Waals surface area contributed by atoms with Crippen molar-refractivity contribution in [3.63, 3.8) is 0 Å². The Morgan fingerprint density at radius 1 is 1.50 bits per heavy atom. The van der Waals surface area contributed by atoms with Crippen LogP contribution in [0.15, 0.2) is 0 Å². The second-order valence-electron chi connectivity index (χ2n) is 1.75. The highest BCUT2D eigenvalue weighted by Crippen LogP contribution is 2.07. The maximum absolute atomic E-state index is 5.27. The first-order valence-electron chi connectivity index (χ1n) is 2.52. The Labute approximate surface area is 67.0 Å². The fourth-order valence-electron chi connectivity index (χ4n) is 0.332. The van der Waals surface area contributed by atoms with Gasteiger partial charge in [-0.2, -0.15) is 0 Å². The second kappa shape index (κ2) is 4.77. The van der Waals surface area contributed by atoms with E-state index in [2.05, 4.69) is 31.9 Å². The normalized spacial score (nSPS) is 14.6. The predicted molar refractivity (Wildman–Crippen MR) is 42.7 cm³/mol. The van der Waals surface area contributed by atoms with Crippen LogP contribution in [0.5, 0.6) is 0 Å². The van der Waals surface area contributed by atoms with Gasteiger partial charge in [0.05, 0.1) is 6.10 Å². The van der Waals surface area contributed by atoms with E-state index in [4.69, 9.17) is 4.74 Å². The standard InChI is InChI=1S/C5H10Br2O/c1-4(2)8-5(7)3-6/h4-5H,3H2,1-2H3. The molecule has 0 N–H and O–H groups in total. The number of halogens is 2. The molecule has 0 aromatic rings. The molecule has 0 amide bonds. The van der Waals surface area contributed by atoms with Crippen LogP contribution in [0.25, 0.3) is 0 Å². The molecule has 0 aliphatic heterocycles. The van der Waals surface area contributed by atoms with Gasteiger partial charge in [0.2, 0.25) is 0 Å². The van der Waals surface area contributed by atoms with Gasteiger partial charge in [0.25, 0.3) is 0 Å². The van der Waals surface area contributed by atoms with E-state index in [-0.39, 0.29) is 5.01 Å². The van der Waals surface area contributed by atoms with Gasteiger partial charge in [-0.25, -0.2) is 0 Å². The van der Waals surface area contributed by atoms with Crippen LogP contribution in [-0.4, -0.2) is 16.4 Å². The molecule has 0 saturated heterocycles. The molecular formula is C5H10Br2O. The third kappa shape index (κ3) is 5.06. The molecule has 0 aliphatic rings. The van der Waals surface area contributed by atoms with Crippen molar-refractivity contribution in [2.24, 2.45) is 0 Å². The molecule has 0 aromatic carbocycles. The van der Waals surface area contributed by atoms with Gasteiger partial charge >= 0.3 is 0 Å². The quantitative estimate of drug-likeness (QED) is 0.695. The van der Waals surface area contributed by atoms with Gasteiger partial charge in [0.1, 0.15) is 5.01 Å². The largest absolute Gasteiger partial charge is 0.363 e. The summed E-state index contributed by atoms with van der Waals surface area (Å²) in [5.74, 6) is 0. The summed E-state index contributed by atoms with van der Waals surface area (Å²) in [6.07, 6.45) is 0.303. The van der Waals surface area contributed by atoms with Gasteiger partial charge in [-0.05, 0) is 13.8 Å². The highest BCUT2D eigenvalue weighted by molar-refractivity contribution is 9.12. The van der Waals surface area contributed by atoms with E-state index >= 15 is 0 Å². The molecule has 0 saturated carbocycles. The van der Waals surface area contributed by atoms with Crippen LogP contribution in [0, 0.1) is 0 Å². The van der Waals surface area contributed by atoms with E-state index < -0.39 is 0 Å². The smallest absolute Gasteiger partial charge is 0.122 e. The molecule has 0 rings (SSSR count). The minimum atomic E-state index is 0.155. The van der Waals surface area contributed by atoms with Crippen molar-refractivity contribution >= 4 is 31.9 Å². The van der Waals surface area contributed by atoms with Crippen LogP contribution in [0.4, 0.5) is 0 Å². The number of ether oxygens (including phenoxy) is 1. The fourth-order valence-corrected chi connectivity index (χ4v) is 0.916. The van der Waals surface area contributed by atoms with Crippen LogP contribution in [0.2, 0.25) is 0 Å². The molecule has 0 bridgehead atoms. The van der Waals surface area contributed by atoms with Crippen molar-refractivity contribution < 1.29 is 4.74 Å². The van der Waals surface area contributed by atoms with Gasteiger partial charge in [-0.15, -0.1) is 0 Å². The summed E-state index contributed by atoms with van der Waals surface area (Å²) in [6, 6.07) is 0. The van der Waals surface area contributed by atoms with E-state index in [9.17, 15) is 0 Å². The zero-order chi connectivity index (χ0) is 6.57. The van der Waals surface area contributed by atoms with Gasteiger partial charge < -0.3 is 4.74 Å². The van der Waals surface area contributed by atoms with Crippen molar-refractivity contribution in [1.29, 1.82) is 0 Å². The number of hydrogen-bond acceptors (Lipinski definition) is 1. The highest BCUT2D eigenvalue weighted by atomic mass is 79.9. The SMILES string of the molecule is CC(C)OC(Br)CBr. The fraction of sp³-hybridized carbons (Fsp3) is 1.00. The Hall–Kier alpha value is 0.920. The van der Waals surface area contributed by atoms with E-state index in [1.54, 1.807) is 0 Å². The van der Waals surface area contributed by atoms with E-state index in [1.165, 1.54) is 0 Å². The molecule has 0 fully saturated rings. The summed E-state index contributed by atoms with van der Waals surface area (Å²) < 4.78 is 5.27. The first kappa shape index (κ1) is 8.92. The lowest BCUT2D eigenvalue weighted by Gasteiger charge is -2.10. The zero-order valence-electron chi connectivity index (χ0n) is 5.03. The summed E-state index contributed by atoms with van der Waals surface area (Å²) in [5, 5.41) is 0.994. The van der Waals surface area contributed by atoms with Gasteiger partial charge in [-0.3, -0.25) is 0 Å². The zero-order valence-corrected chi connectivity index (χ0v) is 8.20. The van der Waals surface area contributed by atoms with Crippen molar-refractivity contribution in [2.45, 2.75) is 25.0 Å². The number of alkyl halides is 2. The molecular weight excluding hydrogens is 236 g/mol. The molecule has 1 atom stereocenters. The van der Waals surface area contributed by atoms with Crippen molar-refractivity contribution in [2.75, 3.05) is 5.33 Å². The molecule has 3 heteroatoms. The molecule has 1 unspecified atom stereocenters. The van der Waals surface area contributed by atoms with E-state index in [0.717, 1.165) is 5.33 Å². The minimum Gasteiger partial charge on any atom is -0.363 e. The summed E-state index contributed by atoms with van der Waals surface area (Å²) in [7, 11) is 0. The van der Waals surface area contributed by atoms with Gasteiger partial charge in [0.15, 0.2) is 0 Å². The molecule has 0 spiro atoms. The molecule has 50 valence electrons. The van der Waals surface area contributed by atoms with Crippen LogP contribution in [0.1, 0.15) is 13.8 Å². The van der Waals surface area contributed by atoms with Gasteiger partial charge in [-0.1, -0.05) is 31.9 Å². The lowest BCUT2D eigenvalue weighted by molar-refractivity contribution is 0.0758. The first-order valence-corrected chi connectivity index (χ1v) is 4.56. The minimum absolute atomic E-state index is 0.155. The predicted octanol–water partition coefficient (Wildman–Crippen LogP) is 2.53. The van der Waals surface area contributed by atoms with Crippen LogP contribution < -0.4 is 0 Å². The average Bonchev–Trinajstić information content (AvgIpc) is 1.65. The Bertz CT molecular complexity index is 56.4.